The average Bonchev–Trinajstić information content (AvgIpc) is 2.89. The van der Waals surface area contributed by atoms with Crippen LogP contribution in [-0.2, 0) is 0 Å². The third-order valence-electron chi connectivity index (χ3n) is 6.82. The fraction of sp³-hybridized carbons (Fsp3) is 0.308. The second-order valence-corrected chi connectivity index (χ2v) is 8.73. The molecule has 2 amide bonds. The summed E-state index contributed by atoms with van der Waals surface area (Å²) in [6.07, 6.45) is 0.657. The second kappa shape index (κ2) is 9.34. The summed E-state index contributed by atoms with van der Waals surface area (Å²) in [6, 6.07) is 15.6. The molecule has 3 aromatic carbocycles. The smallest absolute Gasteiger partial charge is 0.277 e. The number of nitrogens with zero attached hydrogens (tertiary/aromatic N) is 4. The Morgan fingerprint density at radius 1 is 0.886 bits per heavy atom. The molecule has 0 spiro atoms. The van der Waals surface area contributed by atoms with Crippen LogP contribution in [0.2, 0.25) is 0 Å². The van der Waals surface area contributed by atoms with Gasteiger partial charge in [-0.3, -0.25) is 29.5 Å². The second-order valence-electron chi connectivity index (χ2n) is 8.73. The number of nitro benzene ring substituents is 1. The minimum atomic E-state index is -0.488. The molecule has 0 aliphatic carbocycles. The van der Waals surface area contributed by atoms with Crippen molar-refractivity contribution in [1.29, 1.82) is 0 Å². The molecule has 180 valence electrons. The Balaban J connectivity index is 1.23. The summed E-state index contributed by atoms with van der Waals surface area (Å²) < 4.78 is 5.48. The topological polar surface area (TPSA) is 96.2 Å². The van der Waals surface area contributed by atoms with Gasteiger partial charge < -0.3 is 9.64 Å². The van der Waals surface area contributed by atoms with Gasteiger partial charge in [0.1, 0.15) is 5.75 Å². The quantitative estimate of drug-likeness (QED) is 0.293. The number of rotatable bonds is 7. The predicted molar refractivity (Wildman–Crippen MR) is 132 cm³/mol. The number of ether oxygens (including phenoxy) is 1. The van der Waals surface area contributed by atoms with E-state index in [1.165, 1.54) is 17.0 Å². The number of para-hydroxylation sites is 2. The largest absolute Gasteiger partial charge is 0.495 e. The molecule has 3 aromatic rings. The minimum absolute atomic E-state index is 0.105. The van der Waals surface area contributed by atoms with Crippen molar-refractivity contribution in [3.8, 4) is 5.75 Å². The first kappa shape index (κ1) is 22.8. The number of non-ortho nitro benzene ring substituents is 1. The number of anilines is 1. The Morgan fingerprint density at radius 3 is 2.31 bits per heavy atom. The lowest BCUT2D eigenvalue weighted by Gasteiger charge is -2.37. The highest BCUT2D eigenvalue weighted by molar-refractivity contribution is 6.26. The van der Waals surface area contributed by atoms with Crippen molar-refractivity contribution < 1.29 is 19.2 Å². The van der Waals surface area contributed by atoms with Crippen molar-refractivity contribution in [2.24, 2.45) is 0 Å². The van der Waals surface area contributed by atoms with Gasteiger partial charge in [-0.05, 0) is 43.3 Å². The first-order valence-corrected chi connectivity index (χ1v) is 11.7. The molecule has 1 saturated heterocycles. The van der Waals surface area contributed by atoms with Gasteiger partial charge in [0.25, 0.3) is 17.5 Å². The molecule has 9 nitrogen and oxygen atoms in total. The average molecular weight is 475 g/mol. The lowest BCUT2D eigenvalue weighted by molar-refractivity contribution is -0.383. The third-order valence-corrected chi connectivity index (χ3v) is 6.82. The Kier molecular flexibility index (Phi) is 6.08. The number of benzene rings is 3. The van der Waals surface area contributed by atoms with Crippen molar-refractivity contribution in [2.75, 3.05) is 51.3 Å². The van der Waals surface area contributed by atoms with Gasteiger partial charge in [-0.15, -0.1) is 0 Å². The van der Waals surface area contributed by atoms with Gasteiger partial charge in [0.15, 0.2) is 0 Å². The summed E-state index contributed by atoms with van der Waals surface area (Å²) in [5.74, 6) is 0.0767. The zero-order valence-electron chi connectivity index (χ0n) is 19.5. The van der Waals surface area contributed by atoms with Gasteiger partial charge in [0, 0.05) is 55.3 Å². The number of hydrogen-bond acceptors (Lipinski definition) is 7. The predicted octanol–water partition coefficient (Wildman–Crippen LogP) is 3.56. The Morgan fingerprint density at radius 2 is 1.60 bits per heavy atom. The Bertz CT molecular complexity index is 1290. The van der Waals surface area contributed by atoms with E-state index in [-0.39, 0.29) is 5.69 Å². The number of nitro groups is 1. The molecular formula is C26H26N4O5. The normalized spacial score (nSPS) is 16.1. The molecule has 0 atom stereocenters. The number of hydrogen-bond donors (Lipinski definition) is 0. The summed E-state index contributed by atoms with van der Waals surface area (Å²) in [4.78, 5) is 43.1. The zero-order valence-corrected chi connectivity index (χ0v) is 19.5. The first-order valence-electron chi connectivity index (χ1n) is 11.7. The van der Waals surface area contributed by atoms with E-state index in [4.69, 9.17) is 4.74 Å². The summed E-state index contributed by atoms with van der Waals surface area (Å²) in [5.41, 5.74) is 1.66. The lowest BCUT2D eigenvalue weighted by atomic mass is 9.93. The highest BCUT2D eigenvalue weighted by atomic mass is 16.6. The molecule has 0 aromatic heterocycles. The molecule has 0 N–H and O–H groups in total. The third kappa shape index (κ3) is 4.08. The van der Waals surface area contributed by atoms with Gasteiger partial charge in [-0.25, -0.2) is 0 Å². The Hall–Kier alpha value is -3.98. The van der Waals surface area contributed by atoms with Crippen LogP contribution >= 0.6 is 0 Å². The fourth-order valence-electron chi connectivity index (χ4n) is 5.05. The van der Waals surface area contributed by atoms with Gasteiger partial charge in [-0.1, -0.05) is 18.2 Å². The van der Waals surface area contributed by atoms with Crippen molar-refractivity contribution in [3.63, 3.8) is 0 Å². The molecular weight excluding hydrogens is 448 g/mol. The van der Waals surface area contributed by atoms with E-state index in [9.17, 15) is 19.7 Å². The highest BCUT2D eigenvalue weighted by Crippen LogP contribution is 2.35. The molecule has 5 rings (SSSR count). The van der Waals surface area contributed by atoms with E-state index in [0.717, 1.165) is 44.2 Å². The van der Waals surface area contributed by atoms with Crippen molar-refractivity contribution in [1.82, 2.24) is 9.80 Å². The number of piperazine rings is 1. The number of carbonyl (C=O) groups is 2. The number of methoxy groups -OCH3 is 1. The molecule has 2 aliphatic heterocycles. The maximum absolute atomic E-state index is 13.1. The van der Waals surface area contributed by atoms with Crippen LogP contribution in [0, 0.1) is 10.1 Å². The first-order chi connectivity index (χ1) is 17.0. The van der Waals surface area contributed by atoms with Crippen molar-refractivity contribution >= 4 is 34.0 Å². The molecule has 1 fully saturated rings. The molecule has 0 saturated carbocycles. The van der Waals surface area contributed by atoms with Gasteiger partial charge >= 0.3 is 0 Å². The van der Waals surface area contributed by atoms with Crippen LogP contribution in [0.5, 0.6) is 5.75 Å². The van der Waals surface area contributed by atoms with Crippen LogP contribution in [0.4, 0.5) is 11.4 Å². The lowest BCUT2D eigenvalue weighted by Crippen LogP contribution is -2.47. The van der Waals surface area contributed by atoms with Crippen LogP contribution < -0.4 is 9.64 Å². The van der Waals surface area contributed by atoms with E-state index in [2.05, 4.69) is 15.9 Å². The standard InChI is InChI=1S/C26H26N4O5/c1-35-23-9-3-2-8-22(23)28-16-14-27(15-17-28)12-5-13-29-25(31)19-7-4-6-18-21(30(33)34)11-10-20(24(18)19)26(29)32/h2-4,6-11H,5,12-17H2,1H3. The van der Waals surface area contributed by atoms with Gasteiger partial charge in [0.2, 0.25) is 0 Å². The fourth-order valence-corrected chi connectivity index (χ4v) is 5.05. The summed E-state index contributed by atoms with van der Waals surface area (Å²) in [5, 5.41) is 12.1. The minimum Gasteiger partial charge on any atom is -0.495 e. The van der Waals surface area contributed by atoms with E-state index >= 15 is 0 Å². The number of imide groups is 1. The maximum Gasteiger partial charge on any atom is 0.277 e. The number of amides is 2. The van der Waals surface area contributed by atoms with E-state index in [0.29, 0.717) is 34.9 Å². The van der Waals surface area contributed by atoms with Crippen LogP contribution in [0.15, 0.2) is 54.6 Å². The summed E-state index contributed by atoms with van der Waals surface area (Å²) in [6.45, 7) is 4.58. The van der Waals surface area contributed by atoms with Crippen LogP contribution in [0.1, 0.15) is 27.1 Å². The molecule has 2 heterocycles. The van der Waals surface area contributed by atoms with Crippen LogP contribution in [0.3, 0.4) is 0 Å². The summed E-state index contributed by atoms with van der Waals surface area (Å²) >= 11 is 0. The van der Waals surface area contributed by atoms with E-state index in [1.54, 1.807) is 25.3 Å². The SMILES string of the molecule is COc1ccccc1N1CCN(CCCN2C(=O)c3cccc4c([N+](=O)[O-])ccc(c34)C2=O)CC1. The molecule has 35 heavy (non-hydrogen) atoms. The zero-order chi connectivity index (χ0) is 24.5. The highest BCUT2D eigenvalue weighted by Gasteiger charge is 2.34. The molecule has 0 radical (unpaired) electrons. The number of carbonyl (C=O) groups excluding carboxylic acids is 2. The molecule has 9 heteroatoms. The van der Waals surface area contributed by atoms with Crippen molar-refractivity contribution in [2.45, 2.75) is 6.42 Å². The monoisotopic (exact) mass is 474 g/mol. The maximum atomic E-state index is 13.1. The van der Waals surface area contributed by atoms with Gasteiger partial charge in [0.05, 0.1) is 23.1 Å². The Labute approximate surface area is 202 Å². The molecule has 0 bridgehead atoms. The summed E-state index contributed by atoms with van der Waals surface area (Å²) in [7, 11) is 1.68. The molecule has 0 unspecified atom stereocenters. The van der Waals surface area contributed by atoms with E-state index < -0.39 is 16.7 Å². The van der Waals surface area contributed by atoms with Crippen LogP contribution in [0.25, 0.3) is 10.8 Å². The van der Waals surface area contributed by atoms with Crippen molar-refractivity contribution in [3.05, 3.63) is 75.8 Å². The van der Waals surface area contributed by atoms with E-state index in [1.807, 2.05) is 18.2 Å². The van der Waals surface area contributed by atoms with Gasteiger partial charge in [-0.2, -0.15) is 0 Å². The van der Waals surface area contributed by atoms with Crippen LogP contribution in [-0.4, -0.2) is 72.9 Å². The molecule has 2 aliphatic rings.